The van der Waals surface area contributed by atoms with Crippen LogP contribution in [0.5, 0.6) is 0 Å². The van der Waals surface area contributed by atoms with Crippen LogP contribution >= 0.6 is 34.7 Å². The molecule has 0 bridgehead atoms. The normalized spacial score (nSPS) is 18.4. The molecule has 1 aliphatic heterocycles. The molecule has 0 saturated carbocycles. The molecule has 14 nitrogen and oxygen atoms in total. The zero-order valence-corrected chi connectivity index (χ0v) is 20.3. The number of hydrogen-bond acceptors (Lipinski definition) is 11. The Bertz CT molecular complexity index is 1060. The van der Waals surface area contributed by atoms with Crippen LogP contribution < -0.4 is 16.0 Å². The van der Waals surface area contributed by atoms with Gasteiger partial charge in [0.05, 0.1) is 0 Å². The van der Waals surface area contributed by atoms with Gasteiger partial charge in [-0.1, -0.05) is 5.16 Å². The van der Waals surface area contributed by atoms with Crippen LogP contribution in [-0.2, 0) is 34.3 Å². The number of halogens is 1. The number of thioether (sulfide) groups is 1. The van der Waals surface area contributed by atoms with E-state index in [0.29, 0.717) is 0 Å². The second kappa shape index (κ2) is 11.6. The van der Waals surface area contributed by atoms with Crippen LogP contribution in [0, 0.1) is 0 Å². The van der Waals surface area contributed by atoms with Crippen LogP contribution in [0.2, 0.25) is 0 Å². The average molecular weight is 543 g/mol. The maximum Gasteiger partial charge on any atom is 0.363 e. The molecule has 1 aliphatic rings. The summed E-state index contributed by atoms with van der Waals surface area (Å²) in [6, 6.07) is -1.32. The third-order valence-corrected chi connectivity index (χ3v) is 7.11. The molecule has 0 aromatic carbocycles. The van der Waals surface area contributed by atoms with Crippen molar-refractivity contribution in [1.82, 2.24) is 19.9 Å². The van der Waals surface area contributed by atoms with E-state index in [1.165, 1.54) is 19.4 Å². The molecule has 4 amide bonds. The first-order chi connectivity index (χ1) is 15.5. The highest BCUT2D eigenvalue weighted by molar-refractivity contribution is 8.00. The minimum Gasteiger partial charge on any atom is -0.398 e. The Kier molecular flexibility index (Phi) is 9.41. The van der Waals surface area contributed by atoms with Gasteiger partial charge in [-0.15, -0.1) is 34.7 Å². The molecule has 1 fully saturated rings. The standard InChI is InChI=1S/C15H19ClN6O8S3/c1-7(23)17-3-4-31-14-11(13(26)22(14)33(27,28)29)20-12(25)10(21-30-2)8-6-32-15(18-8)19-9(24)5-16/h6,11,14H,3-5H2,1-2H3,(H,17,23)(H,20,25)(H,18,19,24)(H,27,28,29)/t11-,14-/m1/s1. The summed E-state index contributed by atoms with van der Waals surface area (Å²) in [5, 5.41) is 11.2. The van der Waals surface area contributed by atoms with Crippen molar-refractivity contribution in [3.05, 3.63) is 11.1 Å². The molecule has 1 aromatic heterocycles. The molecule has 33 heavy (non-hydrogen) atoms. The van der Waals surface area contributed by atoms with E-state index in [1.807, 2.05) is 0 Å². The van der Waals surface area contributed by atoms with Gasteiger partial charge in [-0.3, -0.25) is 23.7 Å². The van der Waals surface area contributed by atoms with Crippen molar-refractivity contribution in [2.24, 2.45) is 5.16 Å². The third-order valence-electron chi connectivity index (χ3n) is 3.81. The van der Waals surface area contributed by atoms with Crippen LogP contribution in [-0.4, -0.2) is 88.3 Å². The maximum atomic E-state index is 12.8. The largest absolute Gasteiger partial charge is 0.398 e. The lowest BCUT2D eigenvalue weighted by atomic mass is 10.1. The van der Waals surface area contributed by atoms with Crippen LogP contribution in [0.1, 0.15) is 12.6 Å². The molecule has 0 aliphatic carbocycles. The number of oxime groups is 1. The van der Waals surface area contributed by atoms with Crippen LogP contribution in [0.3, 0.4) is 0 Å². The van der Waals surface area contributed by atoms with E-state index in [1.54, 1.807) is 0 Å². The summed E-state index contributed by atoms with van der Waals surface area (Å²) in [6.45, 7) is 1.46. The van der Waals surface area contributed by atoms with E-state index in [9.17, 15) is 32.1 Å². The minimum absolute atomic E-state index is 0.0116. The van der Waals surface area contributed by atoms with E-state index in [-0.39, 0.29) is 44.9 Å². The summed E-state index contributed by atoms with van der Waals surface area (Å²) in [5.74, 6) is -2.92. The van der Waals surface area contributed by atoms with Crippen molar-refractivity contribution < 1.29 is 37.0 Å². The monoisotopic (exact) mass is 542 g/mol. The van der Waals surface area contributed by atoms with E-state index in [2.05, 4.69) is 30.9 Å². The van der Waals surface area contributed by atoms with Gasteiger partial charge in [0.1, 0.15) is 30.1 Å². The van der Waals surface area contributed by atoms with Crippen molar-refractivity contribution in [2.75, 3.05) is 30.6 Å². The van der Waals surface area contributed by atoms with Gasteiger partial charge in [0.25, 0.3) is 11.8 Å². The Morgan fingerprint density at radius 2 is 2.12 bits per heavy atom. The average Bonchev–Trinajstić information content (AvgIpc) is 3.18. The molecule has 1 saturated heterocycles. The van der Waals surface area contributed by atoms with Crippen molar-refractivity contribution in [3.8, 4) is 0 Å². The number of carbonyl (C=O) groups is 4. The first-order valence-corrected chi connectivity index (χ1v) is 12.8. The van der Waals surface area contributed by atoms with Gasteiger partial charge in [-0.2, -0.15) is 12.7 Å². The number of thiazole rings is 1. The van der Waals surface area contributed by atoms with Gasteiger partial charge < -0.3 is 20.8 Å². The van der Waals surface area contributed by atoms with E-state index >= 15 is 0 Å². The quantitative estimate of drug-likeness (QED) is 0.0671. The summed E-state index contributed by atoms with van der Waals surface area (Å²) in [5.41, 5.74) is -0.335. The number of anilines is 1. The number of amides is 4. The first kappa shape index (κ1) is 26.8. The number of nitrogens with one attached hydrogen (secondary N) is 3. The third kappa shape index (κ3) is 7.00. The fourth-order valence-electron chi connectivity index (χ4n) is 2.48. The molecular weight excluding hydrogens is 524 g/mol. The lowest BCUT2D eigenvalue weighted by Crippen LogP contribution is -2.71. The first-order valence-electron chi connectivity index (χ1n) is 8.90. The van der Waals surface area contributed by atoms with Crippen LogP contribution in [0.4, 0.5) is 5.13 Å². The molecule has 2 heterocycles. The number of hydrogen-bond donors (Lipinski definition) is 4. The zero-order valence-electron chi connectivity index (χ0n) is 17.1. The lowest BCUT2D eigenvalue weighted by molar-refractivity contribution is -0.141. The van der Waals surface area contributed by atoms with Crippen molar-refractivity contribution >= 4 is 79.5 Å². The van der Waals surface area contributed by atoms with Gasteiger partial charge in [-0.05, 0) is 0 Å². The predicted molar refractivity (Wildman–Crippen MR) is 120 cm³/mol. The summed E-state index contributed by atoms with van der Waals surface area (Å²) in [4.78, 5) is 56.2. The minimum atomic E-state index is -4.87. The highest BCUT2D eigenvalue weighted by Crippen LogP contribution is 2.32. The summed E-state index contributed by atoms with van der Waals surface area (Å²) < 4.78 is 32.7. The van der Waals surface area contributed by atoms with Crippen LogP contribution in [0.25, 0.3) is 0 Å². The fourth-order valence-corrected chi connectivity index (χ4v) is 5.57. The molecule has 0 unspecified atom stereocenters. The second-order valence-electron chi connectivity index (χ2n) is 6.15. The Balaban J connectivity index is 2.16. The molecule has 0 radical (unpaired) electrons. The molecule has 2 atom stereocenters. The van der Waals surface area contributed by atoms with E-state index < -0.39 is 39.4 Å². The smallest absolute Gasteiger partial charge is 0.363 e. The molecule has 0 spiro atoms. The van der Waals surface area contributed by atoms with Crippen molar-refractivity contribution in [1.29, 1.82) is 0 Å². The van der Waals surface area contributed by atoms with Gasteiger partial charge in [-0.25, -0.2) is 4.98 Å². The van der Waals surface area contributed by atoms with E-state index in [0.717, 1.165) is 23.1 Å². The number of alkyl halides is 1. The number of aromatic nitrogens is 1. The molecule has 2 rings (SSSR count). The SMILES string of the molecule is CON=C(C(=O)N[C@@H]1C(=O)N(S(=O)(=O)O)[C@@H]1SCCNC(C)=O)c1csc(NC(=O)CCl)n1. The fraction of sp³-hybridized carbons (Fsp3) is 0.467. The van der Waals surface area contributed by atoms with Gasteiger partial charge >= 0.3 is 10.3 Å². The summed E-state index contributed by atoms with van der Waals surface area (Å²) in [6.07, 6.45) is 0. The van der Waals surface area contributed by atoms with Gasteiger partial charge in [0.15, 0.2) is 10.8 Å². The van der Waals surface area contributed by atoms with Crippen molar-refractivity contribution in [2.45, 2.75) is 18.3 Å². The number of rotatable bonds is 11. The zero-order chi connectivity index (χ0) is 24.8. The van der Waals surface area contributed by atoms with E-state index in [4.69, 9.17) is 11.6 Å². The van der Waals surface area contributed by atoms with Crippen molar-refractivity contribution in [3.63, 3.8) is 0 Å². The Hall–Kier alpha value is -2.47. The molecule has 1 aromatic rings. The lowest BCUT2D eigenvalue weighted by Gasteiger charge is -2.43. The predicted octanol–water partition coefficient (Wildman–Crippen LogP) is -1.00. The highest BCUT2D eigenvalue weighted by atomic mass is 35.5. The topological polar surface area (TPSA) is 196 Å². The van der Waals surface area contributed by atoms with Gasteiger partial charge in [0, 0.05) is 24.6 Å². The molecular formula is C15H19ClN6O8S3. The Labute approximate surface area is 201 Å². The Morgan fingerprint density at radius 3 is 2.70 bits per heavy atom. The maximum absolute atomic E-state index is 12.8. The highest BCUT2D eigenvalue weighted by Gasteiger charge is 2.54. The summed E-state index contributed by atoms with van der Waals surface area (Å²) in [7, 11) is -3.70. The second-order valence-corrected chi connectivity index (χ2v) is 9.79. The number of carbonyl (C=O) groups excluding carboxylic acids is 4. The van der Waals surface area contributed by atoms with Gasteiger partial charge in [0.2, 0.25) is 11.8 Å². The Morgan fingerprint density at radius 1 is 1.42 bits per heavy atom. The molecule has 18 heteroatoms. The van der Waals surface area contributed by atoms with Crippen LogP contribution in [0.15, 0.2) is 10.5 Å². The molecule has 182 valence electrons. The summed E-state index contributed by atoms with van der Waals surface area (Å²) >= 11 is 7.32. The number of β-lactam (4-membered cyclic amide) rings is 1. The number of nitrogens with zero attached hydrogens (tertiary/aromatic N) is 3. The molecule has 4 N–H and O–H groups in total.